The first kappa shape index (κ1) is 18.8. The number of aromatic nitrogens is 3. The summed E-state index contributed by atoms with van der Waals surface area (Å²) in [5, 5.41) is 5.45. The third-order valence-corrected chi connectivity index (χ3v) is 7.76. The average Bonchev–Trinajstić information content (AvgIpc) is 3.24. The number of fused-ring (bicyclic) bond motifs is 1. The number of likely N-dealkylation sites (tertiary alicyclic amines) is 1. The Balaban J connectivity index is 1.49. The summed E-state index contributed by atoms with van der Waals surface area (Å²) >= 11 is 1.54. The van der Waals surface area contributed by atoms with Crippen LogP contribution in [-0.4, -0.2) is 38.7 Å². The van der Waals surface area contributed by atoms with Crippen molar-refractivity contribution >= 4 is 27.5 Å². The van der Waals surface area contributed by atoms with E-state index in [1.165, 1.54) is 49.0 Å². The highest BCUT2D eigenvalue weighted by Gasteiger charge is 2.38. The molecule has 5 rings (SSSR count). The Morgan fingerprint density at radius 3 is 2.59 bits per heavy atom. The molecule has 152 valence electrons. The summed E-state index contributed by atoms with van der Waals surface area (Å²) in [6.45, 7) is 5.95. The zero-order valence-electron chi connectivity index (χ0n) is 17.4. The number of carbonyl (C=O) groups is 1. The van der Waals surface area contributed by atoms with Crippen LogP contribution in [0.3, 0.4) is 0 Å². The maximum atomic E-state index is 13.5. The molecule has 4 heterocycles. The van der Waals surface area contributed by atoms with E-state index < -0.39 is 0 Å². The van der Waals surface area contributed by atoms with Gasteiger partial charge in [0.25, 0.3) is 5.91 Å². The SMILES string of the molecule is Cc1cc(C)c2c(-c3cnn(C)c3)c(C(=O)N3CC(C4CCCCC4)C3)sc2n1. The number of amides is 1. The normalized spacial score (nSPS) is 18.4. The summed E-state index contributed by atoms with van der Waals surface area (Å²) in [6, 6.07) is 2.10. The first-order valence-corrected chi connectivity index (χ1v) is 11.5. The van der Waals surface area contributed by atoms with Crippen molar-refractivity contribution in [3.8, 4) is 11.1 Å². The van der Waals surface area contributed by atoms with Crippen molar-refractivity contribution < 1.29 is 4.79 Å². The number of hydrogen-bond acceptors (Lipinski definition) is 4. The maximum absolute atomic E-state index is 13.5. The van der Waals surface area contributed by atoms with Crippen molar-refractivity contribution in [3.05, 3.63) is 34.6 Å². The van der Waals surface area contributed by atoms with Crippen LogP contribution in [0.5, 0.6) is 0 Å². The lowest BCUT2D eigenvalue weighted by Gasteiger charge is -2.44. The second-order valence-electron chi connectivity index (χ2n) is 8.84. The molecule has 1 saturated heterocycles. The van der Waals surface area contributed by atoms with Crippen LogP contribution < -0.4 is 0 Å². The monoisotopic (exact) mass is 408 g/mol. The first-order valence-electron chi connectivity index (χ1n) is 10.7. The quantitative estimate of drug-likeness (QED) is 0.615. The van der Waals surface area contributed by atoms with Gasteiger partial charge in [0.05, 0.1) is 6.20 Å². The van der Waals surface area contributed by atoms with Gasteiger partial charge >= 0.3 is 0 Å². The van der Waals surface area contributed by atoms with E-state index in [1.807, 2.05) is 31.3 Å². The van der Waals surface area contributed by atoms with E-state index in [0.717, 1.165) is 50.9 Å². The molecule has 0 aromatic carbocycles. The van der Waals surface area contributed by atoms with Gasteiger partial charge in [-0.2, -0.15) is 5.10 Å². The van der Waals surface area contributed by atoms with Crippen LogP contribution in [0.2, 0.25) is 0 Å². The number of rotatable bonds is 3. The molecule has 29 heavy (non-hydrogen) atoms. The van der Waals surface area contributed by atoms with Gasteiger partial charge in [0.2, 0.25) is 0 Å². The summed E-state index contributed by atoms with van der Waals surface area (Å²) in [7, 11) is 1.92. The van der Waals surface area contributed by atoms with E-state index in [1.54, 1.807) is 4.68 Å². The third-order valence-electron chi connectivity index (χ3n) is 6.69. The molecule has 3 aromatic rings. The van der Waals surface area contributed by atoms with Gasteiger partial charge in [0.15, 0.2) is 0 Å². The van der Waals surface area contributed by atoms with Crippen molar-refractivity contribution in [1.82, 2.24) is 19.7 Å². The van der Waals surface area contributed by atoms with Gasteiger partial charge in [-0.1, -0.05) is 32.1 Å². The molecule has 2 fully saturated rings. The third kappa shape index (κ3) is 3.27. The Kier molecular flexibility index (Phi) is 4.69. The molecule has 5 nitrogen and oxygen atoms in total. The van der Waals surface area contributed by atoms with Gasteiger partial charge < -0.3 is 4.90 Å². The van der Waals surface area contributed by atoms with Crippen molar-refractivity contribution in [2.24, 2.45) is 18.9 Å². The summed E-state index contributed by atoms with van der Waals surface area (Å²) in [5.41, 5.74) is 4.18. The van der Waals surface area contributed by atoms with Crippen LogP contribution in [-0.2, 0) is 7.05 Å². The Hall–Kier alpha value is -2.21. The number of carbonyl (C=O) groups excluding carboxylic acids is 1. The topological polar surface area (TPSA) is 51.0 Å². The molecule has 0 atom stereocenters. The smallest absolute Gasteiger partial charge is 0.264 e. The Labute approximate surface area is 175 Å². The van der Waals surface area contributed by atoms with E-state index >= 15 is 0 Å². The standard InChI is InChI=1S/C23H28N4OS/c1-14-9-15(2)25-22-19(14)20(17-10-24-26(3)11-17)21(29-22)23(28)27-12-18(13-27)16-7-5-4-6-8-16/h9-11,16,18H,4-8,12-13H2,1-3H3. The van der Waals surface area contributed by atoms with E-state index in [-0.39, 0.29) is 5.91 Å². The minimum atomic E-state index is 0.163. The highest BCUT2D eigenvalue weighted by atomic mass is 32.1. The highest BCUT2D eigenvalue weighted by molar-refractivity contribution is 7.21. The average molecular weight is 409 g/mol. The van der Waals surface area contributed by atoms with Crippen LogP contribution in [0.25, 0.3) is 21.3 Å². The Morgan fingerprint density at radius 1 is 1.14 bits per heavy atom. The van der Waals surface area contributed by atoms with Crippen LogP contribution in [0, 0.1) is 25.7 Å². The second-order valence-corrected chi connectivity index (χ2v) is 9.84. The Morgan fingerprint density at radius 2 is 1.90 bits per heavy atom. The number of hydrogen-bond donors (Lipinski definition) is 0. The van der Waals surface area contributed by atoms with Crippen LogP contribution in [0.4, 0.5) is 0 Å². The lowest BCUT2D eigenvalue weighted by atomic mass is 9.76. The minimum Gasteiger partial charge on any atom is -0.337 e. The van der Waals surface area contributed by atoms with E-state index in [0.29, 0.717) is 5.92 Å². The van der Waals surface area contributed by atoms with Crippen molar-refractivity contribution in [1.29, 1.82) is 0 Å². The number of nitrogens with zero attached hydrogens (tertiary/aromatic N) is 4. The van der Waals surface area contributed by atoms with Crippen LogP contribution in [0.15, 0.2) is 18.5 Å². The molecule has 0 spiro atoms. The summed E-state index contributed by atoms with van der Waals surface area (Å²) in [5.74, 6) is 1.67. The molecule has 1 aliphatic heterocycles. The van der Waals surface area contributed by atoms with Gasteiger partial charge in [-0.05, 0) is 37.3 Å². The van der Waals surface area contributed by atoms with Gasteiger partial charge in [0.1, 0.15) is 9.71 Å². The van der Waals surface area contributed by atoms with Crippen molar-refractivity contribution in [3.63, 3.8) is 0 Å². The molecular formula is C23H28N4OS. The number of aryl methyl sites for hydroxylation is 3. The molecule has 6 heteroatoms. The first-order chi connectivity index (χ1) is 14.0. The number of pyridine rings is 1. The molecule has 0 bridgehead atoms. The van der Waals surface area contributed by atoms with Crippen molar-refractivity contribution in [2.75, 3.05) is 13.1 Å². The summed E-state index contributed by atoms with van der Waals surface area (Å²) in [6.07, 6.45) is 10.7. The molecule has 0 unspecified atom stereocenters. The maximum Gasteiger partial charge on any atom is 0.264 e. The van der Waals surface area contributed by atoms with Gasteiger partial charge in [-0.3, -0.25) is 9.48 Å². The molecule has 0 radical (unpaired) electrons. The molecule has 1 saturated carbocycles. The van der Waals surface area contributed by atoms with Crippen molar-refractivity contribution in [2.45, 2.75) is 46.0 Å². The van der Waals surface area contributed by atoms with E-state index in [2.05, 4.69) is 18.1 Å². The lowest BCUT2D eigenvalue weighted by molar-refractivity contribution is 0.0309. The zero-order valence-corrected chi connectivity index (χ0v) is 18.3. The van der Waals surface area contributed by atoms with Gasteiger partial charge in [-0.25, -0.2) is 4.98 Å². The fourth-order valence-corrected chi connectivity index (χ4v) is 6.43. The predicted molar refractivity (Wildman–Crippen MR) is 117 cm³/mol. The van der Waals surface area contributed by atoms with Crippen LogP contribution in [0.1, 0.15) is 53.0 Å². The predicted octanol–water partition coefficient (Wildman–Crippen LogP) is 4.97. The van der Waals surface area contributed by atoms with Gasteiger partial charge in [-0.15, -0.1) is 11.3 Å². The molecule has 2 aliphatic rings. The molecule has 3 aromatic heterocycles. The number of thiophene rings is 1. The lowest BCUT2D eigenvalue weighted by Crippen LogP contribution is -2.52. The fraction of sp³-hybridized carbons (Fsp3) is 0.522. The molecule has 1 amide bonds. The Bertz CT molecular complexity index is 1070. The summed E-state index contributed by atoms with van der Waals surface area (Å²) in [4.78, 5) is 22.1. The molecule has 0 N–H and O–H groups in total. The van der Waals surface area contributed by atoms with Crippen LogP contribution >= 0.6 is 11.3 Å². The molecular weight excluding hydrogens is 380 g/mol. The zero-order chi connectivity index (χ0) is 20.1. The van der Waals surface area contributed by atoms with E-state index in [4.69, 9.17) is 4.98 Å². The second kappa shape index (κ2) is 7.24. The minimum absolute atomic E-state index is 0.163. The highest BCUT2D eigenvalue weighted by Crippen LogP contribution is 2.42. The fourth-order valence-electron chi connectivity index (χ4n) is 5.14. The summed E-state index contributed by atoms with van der Waals surface area (Å²) < 4.78 is 1.80. The van der Waals surface area contributed by atoms with Gasteiger partial charge in [0, 0.05) is 48.5 Å². The largest absolute Gasteiger partial charge is 0.337 e. The molecule has 1 aliphatic carbocycles. The van der Waals surface area contributed by atoms with E-state index in [9.17, 15) is 4.79 Å².